The smallest absolute Gasteiger partial charge is 0.327 e. The summed E-state index contributed by atoms with van der Waals surface area (Å²) >= 11 is 1.58. The number of carboxylic acid groups (broad SMARTS) is 1. The molecule has 19 heavy (non-hydrogen) atoms. The molecule has 1 N–H and O–H groups in total. The molecule has 0 radical (unpaired) electrons. The summed E-state index contributed by atoms with van der Waals surface area (Å²) in [5.74, 6) is -0.484. The largest absolute Gasteiger partial charge is 0.480 e. The van der Waals surface area contributed by atoms with Crippen molar-refractivity contribution in [1.29, 1.82) is 0 Å². The molecule has 6 nitrogen and oxygen atoms in total. The van der Waals surface area contributed by atoms with E-state index in [2.05, 4.69) is 9.97 Å². The van der Waals surface area contributed by atoms with Crippen LogP contribution in [0.2, 0.25) is 0 Å². The van der Waals surface area contributed by atoms with Crippen LogP contribution in [0.3, 0.4) is 0 Å². The number of nitrogens with zero attached hydrogens (tertiary/aromatic N) is 3. The minimum atomic E-state index is -0.958. The van der Waals surface area contributed by atoms with E-state index < -0.39 is 12.0 Å². The van der Waals surface area contributed by atoms with Crippen molar-refractivity contribution < 1.29 is 14.7 Å². The third-order valence-corrected chi connectivity index (χ3v) is 4.27. The number of hydrogen-bond donors (Lipinski definition) is 1. The van der Waals surface area contributed by atoms with E-state index in [0.29, 0.717) is 13.0 Å². The fourth-order valence-electron chi connectivity index (χ4n) is 2.23. The summed E-state index contributed by atoms with van der Waals surface area (Å²) in [4.78, 5) is 32.8. The summed E-state index contributed by atoms with van der Waals surface area (Å²) in [6, 6.07) is -0.778. The topological polar surface area (TPSA) is 83.4 Å². The maximum atomic E-state index is 12.3. The molecule has 102 valence electrons. The molecule has 1 amide bonds. The van der Waals surface area contributed by atoms with Gasteiger partial charge in [-0.25, -0.2) is 9.78 Å². The molecule has 1 aromatic heterocycles. The van der Waals surface area contributed by atoms with Gasteiger partial charge in [-0.2, -0.15) is 11.8 Å². The van der Waals surface area contributed by atoms with Crippen molar-refractivity contribution in [1.82, 2.24) is 14.9 Å². The van der Waals surface area contributed by atoms with Gasteiger partial charge in [-0.05, 0) is 12.2 Å². The van der Waals surface area contributed by atoms with Crippen LogP contribution in [-0.2, 0) is 4.79 Å². The first kappa shape index (κ1) is 13.8. The molecule has 1 fully saturated rings. The quantitative estimate of drug-likeness (QED) is 0.882. The van der Waals surface area contributed by atoms with Crippen molar-refractivity contribution in [2.75, 3.05) is 12.3 Å². The molecule has 1 aromatic rings. The number of aromatic nitrogens is 2. The lowest BCUT2D eigenvalue weighted by atomic mass is 10.2. The Hall–Kier alpha value is -1.63. The van der Waals surface area contributed by atoms with E-state index >= 15 is 0 Å². The highest BCUT2D eigenvalue weighted by Gasteiger charge is 2.42. The second kappa shape index (κ2) is 6.01. The fourth-order valence-corrected chi connectivity index (χ4v) is 3.38. The number of aliphatic carboxylic acids is 1. The third kappa shape index (κ3) is 2.86. The Kier molecular flexibility index (Phi) is 4.36. The number of thioether (sulfide) groups is 1. The molecule has 7 heteroatoms. The van der Waals surface area contributed by atoms with Crippen LogP contribution in [-0.4, -0.2) is 55.4 Å². The van der Waals surface area contributed by atoms with E-state index in [1.54, 1.807) is 11.8 Å². The molecule has 0 aliphatic carbocycles. The lowest BCUT2D eigenvalue weighted by Gasteiger charge is -2.23. The van der Waals surface area contributed by atoms with Gasteiger partial charge in [0.15, 0.2) is 0 Å². The van der Waals surface area contributed by atoms with Gasteiger partial charge in [0.25, 0.3) is 5.91 Å². The van der Waals surface area contributed by atoms with Crippen LogP contribution in [0.4, 0.5) is 0 Å². The normalized spacial score (nSPS) is 22.5. The highest BCUT2D eigenvalue weighted by molar-refractivity contribution is 7.99. The Morgan fingerprint density at radius 2 is 2.32 bits per heavy atom. The second-order valence-corrected chi connectivity index (χ2v) is 5.67. The standard InChI is InChI=1S/C12H15N3O3S/c1-2-19-9-3-6-15(10(9)12(17)18)11(16)8-7-13-4-5-14-8/h4-5,7,9-10H,2-3,6H2,1H3,(H,17,18). The summed E-state index contributed by atoms with van der Waals surface area (Å²) in [5, 5.41) is 9.28. The van der Waals surface area contributed by atoms with E-state index in [-0.39, 0.29) is 16.9 Å². The highest BCUT2D eigenvalue weighted by Crippen LogP contribution is 2.29. The number of carboxylic acids is 1. The van der Waals surface area contributed by atoms with E-state index in [0.717, 1.165) is 5.75 Å². The van der Waals surface area contributed by atoms with Gasteiger partial charge in [0.1, 0.15) is 11.7 Å². The molecule has 2 atom stereocenters. The molecule has 0 aromatic carbocycles. The molecule has 1 saturated heterocycles. The molecule has 0 saturated carbocycles. The van der Waals surface area contributed by atoms with Crippen LogP contribution in [0.1, 0.15) is 23.8 Å². The molecule has 1 aliphatic rings. The van der Waals surface area contributed by atoms with Crippen LogP contribution in [0.15, 0.2) is 18.6 Å². The first-order chi connectivity index (χ1) is 9.15. The fraction of sp³-hybridized carbons (Fsp3) is 0.500. The lowest BCUT2D eigenvalue weighted by molar-refractivity contribution is -0.141. The van der Waals surface area contributed by atoms with Gasteiger partial charge in [-0.1, -0.05) is 6.92 Å². The summed E-state index contributed by atoms with van der Waals surface area (Å²) < 4.78 is 0. The second-order valence-electron chi connectivity index (χ2n) is 4.15. The number of carbonyl (C=O) groups excluding carboxylic acids is 1. The van der Waals surface area contributed by atoms with Gasteiger partial charge in [0.05, 0.1) is 6.20 Å². The molecule has 0 spiro atoms. The zero-order chi connectivity index (χ0) is 13.8. The number of carbonyl (C=O) groups is 2. The number of rotatable bonds is 4. The Morgan fingerprint density at radius 3 is 2.89 bits per heavy atom. The average molecular weight is 281 g/mol. The number of amides is 1. The Morgan fingerprint density at radius 1 is 1.53 bits per heavy atom. The summed E-state index contributed by atoms with van der Waals surface area (Å²) in [5.41, 5.74) is 0.191. The van der Waals surface area contributed by atoms with Gasteiger partial charge in [-0.3, -0.25) is 9.78 Å². The third-order valence-electron chi connectivity index (χ3n) is 3.02. The summed E-state index contributed by atoms with van der Waals surface area (Å²) in [7, 11) is 0. The molecule has 2 heterocycles. The van der Waals surface area contributed by atoms with Crippen molar-refractivity contribution in [2.45, 2.75) is 24.6 Å². The Labute approximate surface area is 115 Å². The highest BCUT2D eigenvalue weighted by atomic mass is 32.2. The molecule has 2 unspecified atom stereocenters. The maximum absolute atomic E-state index is 12.3. The minimum absolute atomic E-state index is 0.0527. The van der Waals surface area contributed by atoms with Gasteiger partial charge in [0, 0.05) is 24.2 Å². The van der Waals surface area contributed by atoms with Crippen LogP contribution < -0.4 is 0 Å². The number of hydrogen-bond acceptors (Lipinski definition) is 5. The van der Waals surface area contributed by atoms with Gasteiger partial charge < -0.3 is 10.0 Å². The molecular weight excluding hydrogens is 266 g/mol. The predicted molar refractivity (Wildman–Crippen MR) is 71.0 cm³/mol. The van der Waals surface area contributed by atoms with Crippen molar-refractivity contribution in [3.63, 3.8) is 0 Å². The minimum Gasteiger partial charge on any atom is -0.480 e. The average Bonchev–Trinajstić information content (AvgIpc) is 2.83. The zero-order valence-corrected chi connectivity index (χ0v) is 11.3. The van der Waals surface area contributed by atoms with Crippen LogP contribution >= 0.6 is 11.8 Å². The first-order valence-corrected chi connectivity index (χ1v) is 7.11. The Bertz CT molecular complexity index is 469. The Balaban J connectivity index is 2.20. The monoisotopic (exact) mass is 281 g/mol. The summed E-state index contributed by atoms with van der Waals surface area (Å²) in [6.45, 7) is 2.43. The zero-order valence-electron chi connectivity index (χ0n) is 10.5. The van der Waals surface area contributed by atoms with E-state index in [4.69, 9.17) is 0 Å². The van der Waals surface area contributed by atoms with E-state index in [9.17, 15) is 14.7 Å². The van der Waals surface area contributed by atoms with E-state index in [1.165, 1.54) is 23.5 Å². The van der Waals surface area contributed by atoms with Crippen LogP contribution in [0.5, 0.6) is 0 Å². The number of likely N-dealkylation sites (tertiary alicyclic amines) is 1. The van der Waals surface area contributed by atoms with Crippen molar-refractivity contribution in [3.8, 4) is 0 Å². The first-order valence-electron chi connectivity index (χ1n) is 6.06. The van der Waals surface area contributed by atoms with Crippen molar-refractivity contribution >= 4 is 23.6 Å². The SMILES string of the molecule is CCSC1CCN(C(=O)c2cnccn2)C1C(=O)O. The van der Waals surface area contributed by atoms with Crippen LogP contribution in [0.25, 0.3) is 0 Å². The van der Waals surface area contributed by atoms with Gasteiger partial charge in [0.2, 0.25) is 0 Å². The summed E-state index contributed by atoms with van der Waals surface area (Å²) in [6.07, 6.45) is 4.96. The van der Waals surface area contributed by atoms with E-state index in [1.807, 2.05) is 6.92 Å². The molecule has 2 rings (SSSR count). The lowest BCUT2D eigenvalue weighted by Crippen LogP contribution is -2.44. The van der Waals surface area contributed by atoms with Gasteiger partial charge in [-0.15, -0.1) is 0 Å². The van der Waals surface area contributed by atoms with Gasteiger partial charge >= 0.3 is 5.97 Å². The van der Waals surface area contributed by atoms with Crippen molar-refractivity contribution in [2.24, 2.45) is 0 Å². The van der Waals surface area contributed by atoms with Crippen molar-refractivity contribution in [3.05, 3.63) is 24.3 Å². The molecule has 0 bridgehead atoms. The van der Waals surface area contributed by atoms with Crippen LogP contribution in [0, 0.1) is 0 Å². The maximum Gasteiger partial charge on any atom is 0.327 e. The molecular formula is C12H15N3O3S. The molecule has 1 aliphatic heterocycles. The predicted octanol–water partition coefficient (Wildman–Crippen LogP) is 0.897.